The topological polar surface area (TPSA) is 35.2 Å². The fraction of sp³-hybridized carbons (Fsp3) is 0.368. The van der Waals surface area contributed by atoms with Crippen molar-refractivity contribution in [3.8, 4) is 16.9 Å². The fourth-order valence-corrected chi connectivity index (χ4v) is 2.40. The van der Waals surface area contributed by atoms with E-state index in [9.17, 15) is 0 Å². The highest BCUT2D eigenvalue weighted by molar-refractivity contribution is 5.68. The lowest BCUT2D eigenvalue weighted by molar-refractivity contribution is 0.307. The molecule has 0 saturated heterocycles. The zero-order chi connectivity index (χ0) is 15.1. The van der Waals surface area contributed by atoms with E-state index in [1.54, 1.807) is 0 Å². The molecular weight excluding hydrogens is 258 g/mol. The van der Waals surface area contributed by atoms with Crippen molar-refractivity contribution in [2.24, 2.45) is 5.73 Å². The van der Waals surface area contributed by atoms with Gasteiger partial charge in [-0.3, -0.25) is 0 Å². The van der Waals surface area contributed by atoms with Gasteiger partial charge in [-0.05, 0) is 61.6 Å². The molecule has 0 aliphatic rings. The van der Waals surface area contributed by atoms with E-state index in [2.05, 4.69) is 56.3 Å². The van der Waals surface area contributed by atoms with Crippen molar-refractivity contribution in [2.75, 3.05) is 13.2 Å². The second-order valence-corrected chi connectivity index (χ2v) is 5.38. The van der Waals surface area contributed by atoms with E-state index in [0.717, 1.165) is 38.2 Å². The molecule has 0 atom stereocenters. The minimum atomic E-state index is 0.732. The van der Waals surface area contributed by atoms with Gasteiger partial charge in [0.2, 0.25) is 0 Å². The zero-order valence-electron chi connectivity index (χ0n) is 13.1. The fourth-order valence-electron chi connectivity index (χ4n) is 2.40. The molecule has 2 N–H and O–H groups in total. The first-order valence-electron chi connectivity index (χ1n) is 7.77. The summed E-state index contributed by atoms with van der Waals surface area (Å²) in [5.41, 5.74) is 10.7. The molecule has 112 valence electrons. The molecule has 0 unspecified atom stereocenters. The maximum Gasteiger partial charge on any atom is 0.119 e. The highest BCUT2D eigenvalue weighted by Gasteiger charge is 2.06. The van der Waals surface area contributed by atoms with Crippen LogP contribution in [0.25, 0.3) is 11.1 Å². The van der Waals surface area contributed by atoms with Gasteiger partial charge in [0.1, 0.15) is 5.75 Å². The molecule has 0 aliphatic carbocycles. The lowest BCUT2D eigenvalue weighted by Gasteiger charge is -2.12. The standard InChI is InChI=1S/C19H25NO/c1-3-16-14-18(21-13-5-4-12-20)10-11-19(16)17-8-6-15(2)7-9-17/h6-11,14H,3-5,12-13,20H2,1-2H3. The van der Waals surface area contributed by atoms with E-state index in [4.69, 9.17) is 10.5 Å². The molecule has 0 aromatic heterocycles. The molecule has 2 rings (SSSR count). The average molecular weight is 283 g/mol. The summed E-state index contributed by atoms with van der Waals surface area (Å²) in [5, 5.41) is 0. The summed E-state index contributed by atoms with van der Waals surface area (Å²) in [4.78, 5) is 0. The van der Waals surface area contributed by atoms with Gasteiger partial charge in [0.05, 0.1) is 6.61 Å². The van der Waals surface area contributed by atoms with Crippen LogP contribution in [0, 0.1) is 6.92 Å². The molecular formula is C19H25NO. The summed E-state index contributed by atoms with van der Waals surface area (Å²) in [7, 11) is 0. The average Bonchev–Trinajstić information content (AvgIpc) is 2.52. The Morgan fingerprint density at radius 1 is 1.00 bits per heavy atom. The Morgan fingerprint density at radius 3 is 2.43 bits per heavy atom. The number of unbranched alkanes of at least 4 members (excludes halogenated alkanes) is 1. The Hall–Kier alpha value is -1.80. The van der Waals surface area contributed by atoms with E-state index in [1.165, 1.54) is 22.3 Å². The number of nitrogens with two attached hydrogens (primary N) is 1. The van der Waals surface area contributed by atoms with Crippen molar-refractivity contribution in [1.29, 1.82) is 0 Å². The Morgan fingerprint density at radius 2 is 1.76 bits per heavy atom. The second-order valence-electron chi connectivity index (χ2n) is 5.38. The molecule has 0 radical (unpaired) electrons. The molecule has 2 aromatic rings. The number of aryl methyl sites for hydroxylation is 2. The minimum Gasteiger partial charge on any atom is -0.494 e. The van der Waals surface area contributed by atoms with Gasteiger partial charge in [-0.15, -0.1) is 0 Å². The molecule has 0 amide bonds. The Labute approximate surface area is 127 Å². The normalized spacial score (nSPS) is 10.6. The number of hydrogen-bond donors (Lipinski definition) is 1. The van der Waals surface area contributed by atoms with Crippen LogP contribution in [0.2, 0.25) is 0 Å². The number of hydrogen-bond acceptors (Lipinski definition) is 2. The second kappa shape index (κ2) is 7.84. The van der Waals surface area contributed by atoms with Crippen LogP contribution in [0.5, 0.6) is 5.75 Å². The smallest absolute Gasteiger partial charge is 0.119 e. The molecule has 0 heterocycles. The molecule has 0 bridgehead atoms. The third kappa shape index (κ3) is 4.33. The molecule has 2 nitrogen and oxygen atoms in total. The van der Waals surface area contributed by atoms with Crippen molar-refractivity contribution in [3.63, 3.8) is 0 Å². The zero-order valence-corrected chi connectivity index (χ0v) is 13.1. The van der Waals surface area contributed by atoms with E-state index < -0.39 is 0 Å². The third-order valence-corrected chi connectivity index (χ3v) is 3.69. The van der Waals surface area contributed by atoms with Crippen molar-refractivity contribution in [1.82, 2.24) is 0 Å². The Kier molecular flexibility index (Phi) is 5.82. The highest BCUT2D eigenvalue weighted by atomic mass is 16.5. The van der Waals surface area contributed by atoms with Gasteiger partial charge in [0.25, 0.3) is 0 Å². The molecule has 0 fully saturated rings. The molecule has 2 aromatic carbocycles. The maximum atomic E-state index is 5.80. The van der Waals surface area contributed by atoms with Gasteiger partial charge >= 0.3 is 0 Å². The van der Waals surface area contributed by atoms with Gasteiger partial charge in [-0.2, -0.15) is 0 Å². The van der Waals surface area contributed by atoms with Crippen LogP contribution in [0.15, 0.2) is 42.5 Å². The summed E-state index contributed by atoms with van der Waals surface area (Å²) >= 11 is 0. The van der Waals surface area contributed by atoms with Gasteiger partial charge in [0.15, 0.2) is 0 Å². The molecule has 21 heavy (non-hydrogen) atoms. The highest BCUT2D eigenvalue weighted by Crippen LogP contribution is 2.28. The molecule has 0 aliphatic heterocycles. The largest absolute Gasteiger partial charge is 0.494 e. The van der Waals surface area contributed by atoms with Gasteiger partial charge in [-0.1, -0.05) is 42.8 Å². The first-order valence-corrected chi connectivity index (χ1v) is 7.77. The first kappa shape index (κ1) is 15.6. The lowest BCUT2D eigenvalue weighted by atomic mass is 9.97. The predicted molar refractivity (Wildman–Crippen MR) is 89.8 cm³/mol. The summed E-state index contributed by atoms with van der Waals surface area (Å²) in [6.07, 6.45) is 3.03. The number of rotatable bonds is 7. The van der Waals surface area contributed by atoms with E-state index in [1.807, 2.05) is 0 Å². The Bertz CT molecular complexity index is 560. The minimum absolute atomic E-state index is 0.732. The van der Waals surface area contributed by atoms with Gasteiger partial charge in [-0.25, -0.2) is 0 Å². The van der Waals surface area contributed by atoms with Crippen LogP contribution in [0.4, 0.5) is 0 Å². The van der Waals surface area contributed by atoms with Crippen LogP contribution in [0.3, 0.4) is 0 Å². The monoisotopic (exact) mass is 283 g/mol. The van der Waals surface area contributed by atoms with Crippen LogP contribution in [-0.4, -0.2) is 13.2 Å². The third-order valence-electron chi connectivity index (χ3n) is 3.69. The van der Waals surface area contributed by atoms with Gasteiger partial charge < -0.3 is 10.5 Å². The van der Waals surface area contributed by atoms with Crippen LogP contribution in [0.1, 0.15) is 30.9 Å². The van der Waals surface area contributed by atoms with Crippen molar-refractivity contribution < 1.29 is 4.74 Å². The van der Waals surface area contributed by atoms with Crippen LogP contribution in [-0.2, 0) is 6.42 Å². The maximum absolute atomic E-state index is 5.80. The van der Waals surface area contributed by atoms with Crippen LogP contribution >= 0.6 is 0 Å². The molecule has 0 saturated carbocycles. The molecule has 0 spiro atoms. The SMILES string of the molecule is CCc1cc(OCCCCN)ccc1-c1ccc(C)cc1. The summed E-state index contributed by atoms with van der Waals surface area (Å²) < 4.78 is 5.80. The van der Waals surface area contributed by atoms with Gasteiger partial charge in [0, 0.05) is 0 Å². The summed E-state index contributed by atoms with van der Waals surface area (Å²) in [5.74, 6) is 0.958. The number of benzene rings is 2. The van der Waals surface area contributed by atoms with E-state index >= 15 is 0 Å². The van der Waals surface area contributed by atoms with E-state index in [-0.39, 0.29) is 0 Å². The lowest BCUT2D eigenvalue weighted by Crippen LogP contribution is -2.03. The number of ether oxygens (including phenoxy) is 1. The quantitative estimate of drug-likeness (QED) is 0.767. The summed E-state index contributed by atoms with van der Waals surface area (Å²) in [6.45, 7) is 5.77. The first-order chi connectivity index (χ1) is 10.2. The van der Waals surface area contributed by atoms with E-state index in [0.29, 0.717) is 0 Å². The van der Waals surface area contributed by atoms with Crippen molar-refractivity contribution in [3.05, 3.63) is 53.6 Å². The summed E-state index contributed by atoms with van der Waals surface area (Å²) in [6, 6.07) is 15.1. The predicted octanol–water partition coefficient (Wildman–Crippen LogP) is 4.34. The Balaban J connectivity index is 2.14. The van der Waals surface area contributed by atoms with Crippen LogP contribution < -0.4 is 10.5 Å². The molecule has 2 heteroatoms. The van der Waals surface area contributed by atoms with Crippen molar-refractivity contribution in [2.45, 2.75) is 33.1 Å². The van der Waals surface area contributed by atoms with Crippen molar-refractivity contribution >= 4 is 0 Å².